The first-order valence-corrected chi connectivity index (χ1v) is 7.58. The third-order valence-electron chi connectivity index (χ3n) is 3.36. The molecule has 9 nitrogen and oxygen atoms in total. The van der Waals surface area contributed by atoms with Gasteiger partial charge in [-0.25, -0.2) is 5.14 Å². The molecule has 0 saturated carbocycles. The van der Waals surface area contributed by atoms with Crippen molar-refractivity contribution in [2.45, 2.75) is 6.92 Å². The van der Waals surface area contributed by atoms with Gasteiger partial charge in [-0.05, 0) is 6.92 Å². The van der Waals surface area contributed by atoms with E-state index in [-0.39, 0.29) is 32.1 Å². The second-order valence-corrected chi connectivity index (χ2v) is 6.25. The number of hydrogen-bond acceptors (Lipinski definition) is 5. The summed E-state index contributed by atoms with van der Waals surface area (Å²) in [6.07, 6.45) is 0. The van der Waals surface area contributed by atoms with Gasteiger partial charge in [-0.2, -0.15) is 17.8 Å². The lowest BCUT2D eigenvalue weighted by Gasteiger charge is -2.32. The summed E-state index contributed by atoms with van der Waals surface area (Å²) < 4.78 is 25.0. The van der Waals surface area contributed by atoms with Crippen molar-refractivity contribution < 1.29 is 13.2 Å². The van der Waals surface area contributed by atoms with Crippen molar-refractivity contribution in [2.24, 2.45) is 12.2 Å². The minimum absolute atomic E-state index is 0.182. The minimum atomic E-state index is -3.70. The molecular weight excluding hydrogens is 284 g/mol. The number of amides is 1. The molecule has 1 amide bonds. The predicted octanol–water partition coefficient (Wildman–Crippen LogP) is -1.73. The molecule has 0 unspecified atom stereocenters. The van der Waals surface area contributed by atoms with E-state index in [1.165, 1.54) is 4.68 Å². The van der Waals surface area contributed by atoms with Gasteiger partial charge >= 0.3 is 0 Å². The summed E-state index contributed by atoms with van der Waals surface area (Å²) in [6, 6.07) is 0. The van der Waals surface area contributed by atoms with E-state index in [1.54, 1.807) is 18.9 Å². The topological polar surface area (TPSA) is 128 Å². The Labute approximate surface area is 117 Å². The number of carbonyl (C=O) groups is 1. The monoisotopic (exact) mass is 302 g/mol. The number of aryl methyl sites for hydroxylation is 2. The first kappa shape index (κ1) is 14.8. The second-order valence-electron chi connectivity index (χ2n) is 4.71. The fraction of sp³-hybridized carbons (Fsp3) is 0.600. The number of nitrogens with two attached hydrogens (primary N) is 2. The average molecular weight is 302 g/mol. The van der Waals surface area contributed by atoms with E-state index in [0.29, 0.717) is 17.1 Å². The van der Waals surface area contributed by atoms with Crippen LogP contribution in [0.15, 0.2) is 0 Å². The molecular formula is C10H18N6O3S. The van der Waals surface area contributed by atoms with Crippen LogP contribution in [0, 0.1) is 6.92 Å². The largest absolute Gasteiger partial charge is 0.395 e. The van der Waals surface area contributed by atoms with Crippen molar-refractivity contribution in [2.75, 3.05) is 31.9 Å². The van der Waals surface area contributed by atoms with Gasteiger partial charge in [0.05, 0.1) is 11.4 Å². The highest BCUT2D eigenvalue weighted by molar-refractivity contribution is 7.86. The maximum absolute atomic E-state index is 12.4. The summed E-state index contributed by atoms with van der Waals surface area (Å²) in [4.78, 5) is 13.9. The van der Waals surface area contributed by atoms with E-state index in [9.17, 15) is 13.2 Å². The van der Waals surface area contributed by atoms with Crippen molar-refractivity contribution in [1.82, 2.24) is 19.0 Å². The summed E-state index contributed by atoms with van der Waals surface area (Å²) >= 11 is 0. The molecule has 0 spiro atoms. The van der Waals surface area contributed by atoms with E-state index in [2.05, 4.69) is 5.10 Å². The Bertz CT molecular complexity index is 630. The first-order chi connectivity index (χ1) is 9.21. The molecule has 2 heterocycles. The molecule has 112 valence electrons. The highest BCUT2D eigenvalue weighted by Gasteiger charge is 2.29. The van der Waals surface area contributed by atoms with E-state index in [1.807, 2.05) is 0 Å². The summed E-state index contributed by atoms with van der Waals surface area (Å²) in [6.45, 7) is 2.64. The van der Waals surface area contributed by atoms with Crippen LogP contribution in [0.25, 0.3) is 0 Å². The molecule has 1 fully saturated rings. The van der Waals surface area contributed by atoms with Crippen LogP contribution in [0.3, 0.4) is 0 Å². The van der Waals surface area contributed by atoms with Crippen molar-refractivity contribution >= 4 is 21.8 Å². The van der Waals surface area contributed by atoms with Crippen LogP contribution >= 0.6 is 0 Å². The minimum Gasteiger partial charge on any atom is -0.395 e. The Morgan fingerprint density at radius 2 is 1.80 bits per heavy atom. The number of carbonyl (C=O) groups excluding carboxylic acids is 1. The quantitative estimate of drug-likeness (QED) is 0.671. The van der Waals surface area contributed by atoms with Gasteiger partial charge in [-0.3, -0.25) is 9.48 Å². The number of aromatic nitrogens is 2. The fourth-order valence-electron chi connectivity index (χ4n) is 2.22. The third kappa shape index (κ3) is 2.62. The SMILES string of the molecule is Cc1nn(C)c(C(=O)N2CCN(S(N)(=O)=O)CC2)c1N. The van der Waals surface area contributed by atoms with E-state index < -0.39 is 10.2 Å². The Balaban J connectivity index is 2.13. The number of piperazine rings is 1. The summed E-state index contributed by atoms with van der Waals surface area (Å²) in [7, 11) is -2.05. The lowest BCUT2D eigenvalue weighted by Crippen LogP contribution is -2.52. The fourth-order valence-corrected chi connectivity index (χ4v) is 2.90. The number of nitrogens with zero attached hydrogens (tertiary/aromatic N) is 4. The first-order valence-electron chi connectivity index (χ1n) is 6.08. The highest BCUT2D eigenvalue weighted by Crippen LogP contribution is 2.18. The van der Waals surface area contributed by atoms with Crippen LogP contribution in [0.4, 0.5) is 5.69 Å². The molecule has 0 atom stereocenters. The number of anilines is 1. The number of hydrogen-bond donors (Lipinski definition) is 2. The summed E-state index contributed by atoms with van der Waals surface area (Å²) in [5.41, 5.74) is 7.13. The van der Waals surface area contributed by atoms with Gasteiger partial charge in [-0.15, -0.1) is 0 Å². The van der Waals surface area contributed by atoms with Crippen LogP contribution in [0.5, 0.6) is 0 Å². The maximum atomic E-state index is 12.4. The second kappa shape index (κ2) is 5.04. The van der Waals surface area contributed by atoms with Crippen molar-refractivity contribution in [3.63, 3.8) is 0 Å². The molecule has 1 aliphatic rings. The van der Waals surface area contributed by atoms with Crippen LogP contribution < -0.4 is 10.9 Å². The summed E-state index contributed by atoms with van der Waals surface area (Å²) in [5, 5.41) is 9.15. The zero-order valence-corrected chi connectivity index (χ0v) is 12.2. The zero-order valence-electron chi connectivity index (χ0n) is 11.4. The Morgan fingerprint density at radius 1 is 1.25 bits per heavy atom. The van der Waals surface area contributed by atoms with Gasteiger partial charge in [0.2, 0.25) is 0 Å². The molecule has 1 aromatic rings. The van der Waals surface area contributed by atoms with Crippen LogP contribution in [-0.2, 0) is 17.3 Å². The average Bonchev–Trinajstić information content (AvgIpc) is 2.62. The van der Waals surface area contributed by atoms with Crippen LogP contribution in [0.2, 0.25) is 0 Å². The number of rotatable bonds is 2. The molecule has 1 saturated heterocycles. The molecule has 20 heavy (non-hydrogen) atoms. The van der Waals surface area contributed by atoms with Crippen molar-refractivity contribution in [1.29, 1.82) is 0 Å². The van der Waals surface area contributed by atoms with E-state index >= 15 is 0 Å². The molecule has 0 radical (unpaired) electrons. The molecule has 0 aromatic carbocycles. The standard InChI is InChI=1S/C10H18N6O3S/c1-7-8(11)9(14(2)13-7)10(17)15-3-5-16(6-4-15)20(12,18)19/h3-6,11H2,1-2H3,(H2,12,18,19). The van der Waals surface area contributed by atoms with Crippen LogP contribution in [-0.4, -0.2) is 59.5 Å². The van der Waals surface area contributed by atoms with Crippen molar-refractivity contribution in [3.05, 3.63) is 11.4 Å². The molecule has 1 aliphatic heterocycles. The molecule has 0 aliphatic carbocycles. The number of nitrogen functional groups attached to an aromatic ring is 1. The van der Waals surface area contributed by atoms with E-state index in [4.69, 9.17) is 10.9 Å². The van der Waals surface area contributed by atoms with Crippen LogP contribution in [0.1, 0.15) is 16.2 Å². The molecule has 0 bridgehead atoms. The lowest BCUT2D eigenvalue weighted by atomic mass is 10.2. The van der Waals surface area contributed by atoms with Gasteiger partial charge in [0.15, 0.2) is 0 Å². The highest BCUT2D eigenvalue weighted by atomic mass is 32.2. The van der Waals surface area contributed by atoms with Gasteiger partial charge in [0.1, 0.15) is 5.69 Å². The lowest BCUT2D eigenvalue weighted by molar-refractivity contribution is 0.0688. The zero-order chi connectivity index (χ0) is 15.1. The maximum Gasteiger partial charge on any atom is 0.277 e. The Hall–Kier alpha value is -1.65. The van der Waals surface area contributed by atoms with Gasteiger partial charge in [0.25, 0.3) is 16.1 Å². The normalized spacial score (nSPS) is 17.4. The third-order valence-corrected chi connectivity index (χ3v) is 4.44. The smallest absolute Gasteiger partial charge is 0.277 e. The van der Waals surface area contributed by atoms with E-state index in [0.717, 1.165) is 4.31 Å². The summed E-state index contributed by atoms with van der Waals surface area (Å²) in [5.74, 6) is -0.250. The van der Waals surface area contributed by atoms with Crippen molar-refractivity contribution in [3.8, 4) is 0 Å². The van der Waals surface area contributed by atoms with Gasteiger partial charge < -0.3 is 10.6 Å². The van der Waals surface area contributed by atoms with Gasteiger partial charge in [-0.1, -0.05) is 0 Å². The Kier molecular flexibility index (Phi) is 3.71. The molecule has 2 rings (SSSR count). The van der Waals surface area contributed by atoms with Gasteiger partial charge in [0, 0.05) is 33.2 Å². The molecule has 4 N–H and O–H groups in total. The Morgan fingerprint density at radius 3 is 2.20 bits per heavy atom. The predicted molar refractivity (Wildman–Crippen MR) is 72.9 cm³/mol. The molecule has 1 aromatic heterocycles. The molecule has 10 heteroatoms.